The summed E-state index contributed by atoms with van der Waals surface area (Å²) in [5.74, 6) is 0.571. The van der Waals surface area contributed by atoms with Gasteiger partial charge in [-0.15, -0.1) is 12.4 Å². The van der Waals surface area contributed by atoms with Gasteiger partial charge in [0.25, 0.3) is 5.56 Å². The standard InChI is InChI=1S/C19H14BrN3O2.ClH/c20-13-3-4-15-14(8-13)16-17(25-15)19(24)23-18(22-16)11-1-2-12-9-21-6-5-10(12)7-11;/h1-4,7-8,21H,5-6,9H2,(H,22,23,24);1H. The van der Waals surface area contributed by atoms with Gasteiger partial charge < -0.3 is 14.7 Å². The summed E-state index contributed by atoms with van der Waals surface area (Å²) < 4.78 is 6.61. The molecule has 2 aromatic heterocycles. The number of nitrogens with zero attached hydrogens (tertiary/aromatic N) is 1. The Balaban J connectivity index is 0.00000168. The number of nitrogens with one attached hydrogen (secondary N) is 2. The average Bonchev–Trinajstić information content (AvgIpc) is 3.00. The Morgan fingerprint density at radius 1 is 1.12 bits per heavy atom. The third kappa shape index (κ3) is 2.74. The Kier molecular flexibility index (Phi) is 4.34. The molecule has 5 rings (SSSR count). The van der Waals surface area contributed by atoms with Crippen molar-refractivity contribution in [3.8, 4) is 11.4 Å². The summed E-state index contributed by atoms with van der Waals surface area (Å²) >= 11 is 3.46. The highest BCUT2D eigenvalue weighted by Gasteiger charge is 2.16. The van der Waals surface area contributed by atoms with Crippen molar-refractivity contribution in [3.63, 3.8) is 0 Å². The van der Waals surface area contributed by atoms with Crippen LogP contribution in [-0.2, 0) is 13.0 Å². The van der Waals surface area contributed by atoms with Crippen molar-refractivity contribution in [2.24, 2.45) is 0 Å². The van der Waals surface area contributed by atoms with Crippen molar-refractivity contribution in [3.05, 3.63) is 62.4 Å². The van der Waals surface area contributed by atoms with Gasteiger partial charge in [0.1, 0.15) is 16.9 Å². The van der Waals surface area contributed by atoms with Crippen LogP contribution in [0.1, 0.15) is 11.1 Å². The first kappa shape index (κ1) is 17.3. The Bertz CT molecular complexity index is 1200. The van der Waals surface area contributed by atoms with Crippen molar-refractivity contribution in [1.82, 2.24) is 15.3 Å². The fourth-order valence-electron chi connectivity index (χ4n) is 3.39. The summed E-state index contributed by atoms with van der Waals surface area (Å²) in [5.41, 5.74) is 4.78. The second-order valence-electron chi connectivity index (χ2n) is 6.25. The van der Waals surface area contributed by atoms with Crippen LogP contribution in [0.3, 0.4) is 0 Å². The van der Waals surface area contributed by atoms with Gasteiger partial charge in [0.05, 0.1) is 0 Å². The molecule has 0 spiro atoms. The van der Waals surface area contributed by atoms with Crippen LogP contribution in [0.15, 0.2) is 50.1 Å². The Hall–Kier alpha value is -2.15. The molecule has 7 heteroatoms. The predicted molar refractivity (Wildman–Crippen MR) is 108 cm³/mol. The van der Waals surface area contributed by atoms with Gasteiger partial charge in [-0.25, -0.2) is 4.98 Å². The molecular weight excluding hydrogens is 418 g/mol. The molecule has 0 aliphatic carbocycles. The quantitative estimate of drug-likeness (QED) is 0.474. The molecule has 132 valence electrons. The Morgan fingerprint density at radius 3 is 2.88 bits per heavy atom. The normalized spacial score (nSPS) is 13.6. The number of fused-ring (bicyclic) bond motifs is 4. The summed E-state index contributed by atoms with van der Waals surface area (Å²) in [6, 6.07) is 11.9. The highest BCUT2D eigenvalue weighted by atomic mass is 79.9. The first-order valence-corrected chi connectivity index (χ1v) is 8.93. The zero-order valence-electron chi connectivity index (χ0n) is 13.6. The van der Waals surface area contributed by atoms with E-state index in [1.807, 2.05) is 24.3 Å². The maximum absolute atomic E-state index is 12.5. The fourth-order valence-corrected chi connectivity index (χ4v) is 3.75. The van der Waals surface area contributed by atoms with Crippen molar-refractivity contribution in [2.45, 2.75) is 13.0 Å². The highest BCUT2D eigenvalue weighted by molar-refractivity contribution is 9.10. The van der Waals surface area contributed by atoms with E-state index < -0.39 is 0 Å². The van der Waals surface area contributed by atoms with Crippen LogP contribution in [-0.4, -0.2) is 16.5 Å². The zero-order chi connectivity index (χ0) is 17.0. The van der Waals surface area contributed by atoms with Gasteiger partial charge in [0, 0.05) is 22.0 Å². The van der Waals surface area contributed by atoms with Gasteiger partial charge in [-0.2, -0.15) is 0 Å². The molecule has 1 aliphatic rings. The minimum absolute atomic E-state index is 0. The van der Waals surface area contributed by atoms with E-state index in [2.05, 4.69) is 38.4 Å². The molecule has 4 aromatic rings. The van der Waals surface area contributed by atoms with Crippen molar-refractivity contribution < 1.29 is 4.42 Å². The molecule has 0 amide bonds. The molecule has 2 aromatic carbocycles. The van der Waals surface area contributed by atoms with Crippen molar-refractivity contribution >= 4 is 50.4 Å². The molecule has 3 heterocycles. The van der Waals surface area contributed by atoms with Crippen LogP contribution in [0.4, 0.5) is 0 Å². The zero-order valence-corrected chi connectivity index (χ0v) is 16.0. The van der Waals surface area contributed by atoms with Crippen LogP contribution in [0.5, 0.6) is 0 Å². The second kappa shape index (κ2) is 6.54. The number of hydrogen-bond donors (Lipinski definition) is 2. The lowest BCUT2D eigenvalue weighted by Crippen LogP contribution is -2.23. The number of rotatable bonds is 1. The lowest BCUT2D eigenvalue weighted by atomic mass is 9.98. The van der Waals surface area contributed by atoms with Crippen LogP contribution in [0.25, 0.3) is 33.5 Å². The molecule has 5 nitrogen and oxygen atoms in total. The summed E-state index contributed by atoms with van der Waals surface area (Å²) in [4.78, 5) is 20.1. The van der Waals surface area contributed by atoms with Crippen LogP contribution >= 0.6 is 28.3 Å². The van der Waals surface area contributed by atoms with Gasteiger partial charge in [0.2, 0.25) is 5.58 Å². The fraction of sp³-hybridized carbons (Fsp3) is 0.158. The minimum atomic E-state index is -0.258. The molecule has 2 N–H and O–H groups in total. The van der Waals surface area contributed by atoms with Crippen LogP contribution < -0.4 is 10.9 Å². The van der Waals surface area contributed by atoms with Crippen LogP contribution in [0, 0.1) is 0 Å². The minimum Gasteiger partial charge on any atom is -0.449 e. The van der Waals surface area contributed by atoms with Gasteiger partial charge in [-0.1, -0.05) is 28.1 Å². The molecule has 0 radical (unpaired) electrons. The molecule has 26 heavy (non-hydrogen) atoms. The highest BCUT2D eigenvalue weighted by Crippen LogP contribution is 2.29. The average molecular weight is 433 g/mol. The maximum atomic E-state index is 12.5. The van der Waals surface area contributed by atoms with E-state index in [0.717, 1.165) is 34.9 Å². The number of aromatic nitrogens is 2. The molecule has 1 aliphatic heterocycles. The van der Waals surface area contributed by atoms with E-state index in [0.29, 0.717) is 16.9 Å². The molecular formula is C19H15BrClN3O2. The number of furan rings is 1. The summed E-state index contributed by atoms with van der Waals surface area (Å²) in [6.07, 6.45) is 0.983. The van der Waals surface area contributed by atoms with Crippen LogP contribution in [0.2, 0.25) is 0 Å². The lowest BCUT2D eigenvalue weighted by molar-refractivity contribution is 0.644. The van der Waals surface area contributed by atoms with E-state index in [4.69, 9.17) is 9.40 Å². The maximum Gasteiger partial charge on any atom is 0.294 e. The first-order valence-electron chi connectivity index (χ1n) is 8.14. The molecule has 0 fully saturated rings. The molecule has 0 atom stereocenters. The van der Waals surface area contributed by atoms with Gasteiger partial charge in [0.15, 0.2) is 0 Å². The number of benzene rings is 2. The third-order valence-corrected chi connectivity index (χ3v) is 5.15. The summed E-state index contributed by atoms with van der Waals surface area (Å²) in [6.45, 7) is 1.86. The summed E-state index contributed by atoms with van der Waals surface area (Å²) in [7, 11) is 0. The predicted octanol–water partition coefficient (Wildman–Crippen LogP) is 4.17. The third-order valence-electron chi connectivity index (χ3n) is 4.65. The Labute approximate surface area is 163 Å². The lowest BCUT2D eigenvalue weighted by Gasteiger charge is -2.17. The van der Waals surface area contributed by atoms with Crippen molar-refractivity contribution in [1.29, 1.82) is 0 Å². The van der Waals surface area contributed by atoms with E-state index in [1.165, 1.54) is 11.1 Å². The van der Waals surface area contributed by atoms with Gasteiger partial charge in [-0.05, 0) is 48.4 Å². The number of H-pyrrole nitrogens is 1. The van der Waals surface area contributed by atoms with E-state index in [-0.39, 0.29) is 23.5 Å². The molecule has 0 saturated carbocycles. The number of halogens is 2. The topological polar surface area (TPSA) is 70.9 Å². The molecule has 0 unspecified atom stereocenters. The van der Waals surface area contributed by atoms with E-state index >= 15 is 0 Å². The Morgan fingerprint density at radius 2 is 2.00 bits per heavy atom. The van der Waals surface area contributed by atoms with E-state index in [9.17, 15) is 4.79 Å². The largest absolute Gasteiger partial charge is 0.449 e. The van der Waals surface area contributed by atoms with Gasteiger partial charge in [-0.3, -0.25) is 4.79 Å². The number of hydrogen-bond acceptors (Lipinski definition) is 4. The monoisotopic (exact) mass is 431 g/mol. The first-order chi connectivity index (χ1) is 12.2. The second-order valence-corrected chi connectivity index (χ2v) is 7.16. The number of aromatic amines is 1. The smallest absolute Gasteiger partial charge is 0.294 e. The van der Waals surface area contributed by atoms with Crippen molar-refractivity contribution in [2.75, 3.05) is 6.54 Å². The van der Waals surface area contributed by atoms with E-state index in [1.54, 1.807) is 0 Å². The SMILES string of the molecule is Cl.O=c1[nH]c(-c2ccc3c(c2)CCNC3)nc2c1oc1ccc(Br)cc12. The van der Waals surface area contributed by atoms with Gasteiger partial charge >= 0.3 is 0 Å². The molecule has 0 bridgehead atoms. The summed E-state index contributed by atoms with van der Waals surface area (Å²) in [5, 5.41) is 4.20. The molecule has 0 saturated heterocycles.